The number of carbonyl (C=O) groups is 2. The van der Waals surface area contributed by atoms with E-state index in [0.717, 1.165) is 11.5 Å². The second kappa shape index (κ2) is 8.47. The first kappa shape index (κ1) is 19.3. The summed E-state index contributed by atoms with van der Waals surface area (Å²) in [5.74, 6) is -1.87. The van der Waals surface area contributed by atoms with Crippen LogP contribution in [0.15, 0.2) is 60.9 Å². The minimum absolute atomic E-state index is 0.129. The number of hydrogen-bond acceptors (Lipinski definition) is 3. The number of aromatic nitrogens is 2. The lowest BCUT2D eigenvalue weighted by Gasteiger charge is -2.16. The Hall–Kier alpha value is -3.48. The van der Waals surface area contributed by atoms with Crippen LogP contribution in [0.4, 0.5) is 10.1 Å². The Morgan fingerprint density at radius 2 is 1.86 bits per heavy atom. The summed E-state index contributed by atoms with van der Waals surface area (Å²) in [6.45, 7) is 1.89. The highest BCUT2D eigenvalue weighted by atomic mass is 19.1. The summed E-state index contributed by atoms with van der Waals surface area (Å²) in [6.07, 6.45) is 3.09. The maximum Gasteiger partial charge on any atom is 0.303 e. The molecule has 28 heavy (non-hydrogen) atoms. The van der Waals surface area contributed by atoms with Crippen molar-refractivity contribution in [3.8, 4) is 5.69 Å². The molecule has 3 rings (SSSR count). The highest BCUT2D eigenvalue weighted by molar-refractivity contribution is 5.91. The van der Waals surface area contributed by atoms with Crippen LogP contribution in [0.2, 0.25) is 0 Å². The Bertz CT molecular complexity index is 983. The second-order valence-electron chi connectivity index (χ2n) is 6.46. The van der Waals surface area contributed by atoms with Crippen molar-refractivity contribution in [3.05, 3.63) is 78.1 Å². The molecule has 0 spiro atoms. The Balaban J connectivity index is 1.70. The topological polar surface area (TPSA) is 84.2 Å². The minimum Gasteiger partial charge on any atom is -0.481 e. The molecule has 0 radical (unpaired) electrons. The van der Waals surface area contributed by atoms with E-state index in [2.05, 4.69) is 10.3 Å². The molecular weight excluding hydrogens is 361 g/mol. The van der Waals surface area contributed by atoms with Crippen molar-refractivity contribution in [3.63, 3.8) is 0 Å². The van der Waals surface area contributed by atoms with Gasteiger partial charge >= 0.3 is 5.97 Å². The monoisotopic (exact) mass is 381 g/mol. The molecule has 0 fully saturated rings. The highest BCUT2D eigenvalue weighted by Crippen LogP contribution is 2.26. The van der Waals surface area contributed by atoms with E-state index < -0.39 is 17.7 Å². The molecule has 0 bridgehead atoms. The van der Waals surface area contributed by atoms with E-state index >= 15 is 0 Å². The average Bonchev–Trinajstić information content (AvgIpc) is 3.08. The highest BCUT2D eigenvalue weighted by Gasteiger charge is 2.22. The fourth-order valence-corrected chi connectivity index (χ4v) is 3.10. The molecule has 1 aromatic heterocycles. The van der Waals surface area contributed by atoms with E-state index in [-0.39, 0.29) is 24.3 Å². The number of halogens is 1. The van der Waals surface area contributed by atoms with E-state index in [1.807, 2.05) is 29.8 Å². The van der Waals surface area contributed by atoms with Crippen LogP contribution in [0.3, 0.4) is 0 Å². The number of nitrogens with zero attached hydrogens (tertiary/aromatic N) is 2. The molecule has 2 aromatic carbocycles. The molecule has 1 unspecified atom stereocenters. The molecule has 1 heterocycles. The van der Waals surface area contributed by atoms with Crippen LogP contribution in [0.5, 0.6) is 0 Å². The van der Waals surface area contributed by atoms with Gasteiger partial charge in [0, 0.05) is 36.1 Å². The number of imidazole rings is 1. The van der Waals surface area contributed by atoms with Crippen molar-refractivity contribution in [1.82, 2.24) is 9.55 Å². The summed E-state index contributed by atoms with van der Waals surface area (Å²) >= 11 is 0. The predicted octanol–water partition coefficient (Wildman–Crippen LogP) is 3.91. The molecule has 1 atom stereocenters. The lowest BCUT2D eigenvalue weighted by Crippen LogP contribution is -2.18. The van der Waals surface area contributed by atoms with Crippen molar-refractivity contribution >= 4 is 17.6 Å². The summed E-state index contributed by atoms with van der Waals surface area (Å²) in [4.78, 5) is 27.7. The molecule has 3 aromatic rings. The summed E-state index contributed by atoms with van der Waals surface area (Å²) < 4.78 is 16.0. The van der Waals surface area contributed by atoms with Gasteiger partial charge in [0.15, 0.2) is 0 Å². The Morgan fingerprint density at radius 1 is 1.14 bits per heavy atom. The van der Waals surface area contributed by atoms with E-state index in [9.17, 15) is 14.0 Å². The van der Waals surface area contributed by atoms with Crippen molar-refractivity contribution in [2.75, 3.05) is 5.32 Å². The minimum atomic E-state index is -1.08. The Labute approximate surface area is 161 Å². The molecule has 0 saturated carbocycles. The number of aliphatic carboxylic acids is 1. The van der Waals surface area contributed by atoms with Gasteiger partial charge in [-0.05, 0) is 42.8 Å². The number of rotatable bonds is 7. The summed E-state index contributed by atoms with van der Waals surface area (Å²) in [5.41, 5.74) is 1.71. The first-order chi connectivity index (χ1) is 13.4. The van der Waals surface area contributed by atoms with Gasteiger partial charge in [-0.2, -0.15) is 0 Å². The van der Waals surface area contributed by atoms with Crippen molar-refractivity contribution in [2.45, 2.75) is 25.7 Å². The predicted molar refractivity (Wildman–Crippen MR) is 103 cm³/mol. The summed E-state index contributed by atoms with van der Waals surface area (Å²) in [6, 6.07) is 13.1. The number of aryl methyl sites for hydroxylation is 1. The number of carbonyl (C=O) groups excluding carboxylic acids is 1. The summed E-state index contributed by atoms with van der Waals surface area (Å²) in [5, 5.41) is 11.9. The molecule has 2 N–H and O–H groups in total. The molecule has 0 aliphatic carbocycles. The largest absolute Gasteiger partial charge is 0.481 e. The van der Waals surface area contributed by atoms with Gasteiger partial charge in [0.25, 0.3) is 0 Å². The molecule has 1 amide bonds. The van der Waals surface area contributed by atoms with E-state index in [4.69, 9.17) is 5.11 Å². The number of amides is 1. The molecule has 7 heteroatoms. The number of benzene rings is 2. The van der Waals surface area contributed by atoms with Gasteiger partial charge < -0.3 is 15.0 Å². The molecule has 0 aliphatic heterocycles. The van der Waals surface area contributed by atoms with Crippen LogP contribution in [0.1, 0.15) is 30.1 Å². The standard InChI is InChI=1S/C21H20FN3O3/c1-14-23-10-11-25(14)17-8-6-16(7-9-17)24-20(26)12-15(13-21(27)28)18-4-2-3-5-19(18)22/h2-11,15H,12-13H2,1H3,(H,24,26)(H,27,28). The first-order valence-corrected chi connectivity index (χ1v) is 8.80. The van der Waals surface area contributed by atoms with Crippen LogP contribution in [-0.4, -0.2) is 26.5 Å². The van der Waals surface area contributed by atoms with Crippen LogP contribution >= 0.6 is 0 Å². The number of anilines is 1. The van der Waals surface area contributed by atoms with Crippen molar-refractivity contribution in [1.29, 1.82) is 0 Å². The third kappa shape index (κ3) is 4.62. The van der Waals surface area contributed by atoms with Gasteiger partial charge in [0.2, 0.25) is 5.91 Å². The molecule has 0 saturated heterocycles. The Kier molecular flexibility index (Phi) is 5.84. The van der Waals surface area contributed by atoms with Crippen molar-refractivity contribution in [2.24, 2.45) is 0 Å². The molecular formula is C21H20FN3O3. The van der Waals surface area contributed by atoms with Crippen molar-refractivity contribution < 1.29 is 19.1 Å². The van der Waals surface area contributed by atoms with Crippen LogP contribution in [0.25, 0.3) is 5.69 Å². The maximum atomic E-state index is 14.0. The third-order valence-electron chi connectivity index (χ3n) is 4.45. The number of hydrogen-bond donors (Lipinski definition) is 2. The zero-order valence-electron chi connectivity index (χ0n) is 15.3. The van der Waals surface area contributed by atoms with E-state index in [1.165, 1.54) is 18.2 Å². The zero-order chi connectivity index (χ0) is 20.1. The Morgan fingerprint density at radius 3 is 2.46 bits per heavy atom. The van der Waals surface area contributed by atoms with Gasteiger partial charge in [0.05, 0.1) is 6.42 Å². The quantitative estimate of drug-likeness (QED) is 0.650. The van der Waals surface area contributed by atoms with Crippen LogP contribution in [0, 0.1) is 12.7 Å². The number of nitrogens with one attached hydrogen (secondary N) is 1. The number of carboxylic acids is 1. The van der Waals surface area contributed by atoms with Gasteiger partial charge in [-0.1, -0.05) is 18.2 Å². The number of carboxylic acid groups (broad SMARTS) is 1. The molecule has 144 valence electrons. The van der Waals surface area contributed by atoms with E-state index in [1.54, 1.807) is 24.4 Å². The molecule has 6 nitrogen and oxygen atoms in total. The van der Waals surface area contributed by atoms with Crippen LogP contribution < -0.4 is 5.32 Å². The third-order valence-corrected chi connectivity index (χ3v) is 4.45. The summed E-state index contributed by atoms with van der Waals surface area (Å²) in [7, 11) is 0. The van der Waals surface area contributed by atoms with Gasteiger partial charge in [-0.25, -0.2) is 9.37 Å². The van der Waals surface area contributed by atoms with Gasteiger partial charge in [-0.3, -0.25) is 9.59 Å². The average molecular weight is 381 g/mol. The fourth-order valence-electron chi connectivity index (χ4n) is 3.10. The second-order valence-corrected chi connectivity index (χ2v) is 6.46. The van der Waals surface area contributed by atoms with E-state index in [0.29, 0.717) is 5.69 Å². The SMILES string of the molecule is Cc1nccn1-c1ccc(NC(=O)CC(CC(=O)O)c2ccccc2F)cc1. The molecule has 0 aliphatic rings. The lowest BCUT2D eigenvalue weighted by molar-refractivity contribution is -0.137. The van der Waals surface area contributed by atoms with Gasteiger partial charge in [0.1, 0.15) is 11.6 Å². The normalized spacial score (nSPS) is 11.8. The van der Waals surface area contributed by atoms with Crippen LogP contribution in [-0.2, 0) is 9.59 Å². The smallest absolute Gasteiger partial charge is 0.303 e. The zero-order valence-corrected chi connectivity index (χ0v) is 15.3. The fraction of sp³-hybridized carbons (Fsp3) is 0.190. The lowest BCUT2D eigenvalue weighted by atomic mass is 9.91. The maximum absolute atomic E-state index is 14.0. The van der Waals surface area contributed by atoms with Gasteiger partial charge in [-0.15, -0.1) is 0 Å². The first-order valence-electron chi connectivity index (χ1n) is 8.80.